The Morgan fingerprint density at radius 3 is 2.33 bits per heavy atom. The second-order valence-corrected chi connectivity index (χ2v) is 8.08. The van der Waals surface area contributed by atoms with E-state index < -0.39 is 10.0 Å². The Hall–Kier alpha value is -0.310. The molecule has 0 amide bonds. The number of hydrogen-bond acceptors (Lipinski definition) is 4. The van der Waals surface area contributed by atoms with Crippen LogP contribution in [-0.2, 0) is 10.0 Å². The first-order valence-corrected chi connectivity index (χ1v) is 9.73. The predicted octanol–water partition coefficient (Wildman–Crippen LogP) is 3.30. The van der Waals surface area contributed by atoms with Gasteiger partial charge < -0.3 is 9.47 Å². The number of nitrogens with two attached hydrogens (primary N) is 1. The molecular weight excluding hydrogens is 426 g/mol. The van der Waals surface area contributed by atoms with Crippen LogP contribution in [0.5, 0.6) is 11.5 Å². The number of hydrogen-bond donors (Lipinski definition) is 1. The molecule has 0 saturated heterocycles. The largest absolute Gasteiger partial charge is 0.496 e. The normalized spacial score (nSPS) is 13.0. The van der Waals surface area contributed by atoms with Crippen molar-refractivity contribution >= 4 is 41.9 Å². The molecule has 1 atom stereocenters. The Labute approximate surface area is 142 Å². The molecule has 0 aromatic heterocycles. The quantitative estimate of drug-likeness (QED) is 0.667. The van der Waals surface area contributed by atoms with Crippen LogP contribution in [0.15, 0.2) is 21.1 Å². The van der Waals surface area contributed by atoms with Crippen molar-refractivity contribution in [2.75, 3.05) is 19.5 Å². The third-order valence-corrected chi connectivity index (χ3v) is 5.02. The highest BCUT2D eigenvalue weighted by atomic mass is 79.9. The Kier molecular flexibility index (Phi) is 7.46. The number of sulfonamides is 1. The van der Waals surface area contributed by atoms with Crippen molar-refractivity contribution in [3.63, 3.8) is 0 Å². The van der Waals surface area contributed by atoms with Crippen LogP contribution in [0.1, 0.15) is 19.8 Å². The molecule has 0 aliphatic heterocycles. The highest BCUT2D eigenvalue weighted by Crippen LogP contribution is 2.36. The van der Waals surface area contributed by atoms with Gasteiger partial charge in [-0.25, -0.2) is 13.6 Å². The van der Waals surface area contributed by atoms with E-state index in [2.05, 4.69) is 31.9 Å². The van der Waals surface area contributed by atoms with E-state index in [0.29, 0.717) is 18.1 Å². The maximum Gasteiger partial charge on any atom is 0.209 e. The first-order chi connectivity index (χ1) is 9.76. The summed E-state index contributed by atoms with van der Waals surface area (Å²) in [6.07, 6.45) is 1.61. The number of halogens is 2. The molecule has 0 heterocycles. The molecule has 0 fully saturated rings. The maximum atomic E-state index is 11.2. The van der Waals surface area contributed by atoms with Crippen LogP contribution >= 0.6 is 31.9 Å². The molecule has 0 radical (unpaired) electrons. The van der Waals surface area contributed by atoms with Crippen molar-refractivity contribution in [1.82, 2.24) is 0 Å². The smallest absolute Gasteiger partial charge is 0.209 e. The van der Waals surface area contributed by atoms with E-state index >= 15 is 0 Å². The zero-order chi connectivity index (χ0) is 16.0. The average Bonchev–Trinajstić information content (AvgIpc) is 2.37. The Bertz CT molecular complexity index is 578. The van der Waals surface area contributed by atoms with Gasteiger partial charge in [-0.1, -0.05) is 13.3 Å². The van der Waals surface area contributed by atoms with Crippen molar-refractivity contribution in [1.29, 1.82) is 0 Å². The average molecular weight is 445 g/mol. The van der Waals surface area contributed by atoms with Gasteiger partial charge in [-0.2, -0.15) is 0 Å². The van der Waals surface area contributed by atoms with E-state index in [1.165, 1.54) is 0 Å². The van der Waals surface area contributed by atoms with Gasteiger partial charge in [0.1, 0.15) is 11.5 Å². The van der Waals surface area contributed by atoms with Crippen molar-refractivity contribution in [3.8, 4) is 11.5 Å². The molecule has 21 heavy (non-hydrogen) atoms. The zero-order valence-corrected chi connectivity index (χ0v) is 15.9. The third-order valence-electron chi connectivity index (χ3n) is 2.85. The van der Waals surface area contributed by atoms with E-state index in [-0.39, 0.29) is 11.7 Å². The molecule has 2 N–H and O–H groups in total. The van der Waals surface area contributed by atoms with Crippen molar-refractivity contribution in [3.05, 3.63) is 21.1 Å². The lowest BCUT2D eigenvalue weighted by atomic mass is 10.1. The fraction of sp³-hybridized carbons (Fsp3) is 0.538. The summed E-state index contributed by atoms with van der Waals surface area (Å²) in [7, 11) is -1.92. The predicted molar refractivity (Wildman–Crippen MR) is 90.3 cm³/mol. The SMILES string of the molecule is CCCC(COc1cc(Br)c(OC)cc1Br)CS(N)(=O)=O. The molecule has 8 heteroatoms. The van der Waals surface area contributed by atoms with E-state index in [9.17, 15) is 8.42 Å². The van der Waals surface area contributed by atoms with Crippen LogP contribution in [0, 0.1) is 5.92 Å². The van der Waals surface area contributed by atoms with E-state index in [1.807, 2.05) is 6.92 Å². The second kappa shape index (κ2) is 8.36. The molecule has 5 nitrogen and oxygen atoms in total. The summed E-state index contributed by atoms with van der Waals surface area (Å²) in [5.41, 5.74) is 0. The van der Waals surface area contributed by atoms with Crippen molar-refractivity contribution in [2.45, 2.75) is 19.8 Å². The van der Waals surface area contributed by atoms with Gasteiger partial charge in [0.15, 0.2) is 0 Å². The minimum absolute atomic E-state index is 0.0736. The number of rotatable bonds is 8. The van der Waals surface area contributed by atoms with Gasteiger partial charge in [-0.15, -0.1) is 0 Å². The molecule has 120 valence electrons. The van der Waals surface area contributed by atoms with Gasteiger partial charge in [-0.05, 0) is 50.4 Å². The molecule has 1 unspecified atom stereocenters. The molecule has 0 aliphatic rings. The summed E-state index contributed by atoms with van der Waals surface area (Å²) in [5.74, 6) is 1.11. The summed E-state index contributed by atoms with van der Waals surface area (Å²) in [6, 6.07) is 3.57. The fourth-order valence-corrected chi connectivity index (χ4v) is 3.78. The minimum Gasteiger partial charge on any atom is -0.496 e. The lowest BCUT2D eigenvalue weighted by Crippen LogP contribution is -2.27. The standard InChI is InChI=1S/C13H19Br2NO4S/c1-3-4-9(8-21(16,17)18)7-20-13-6-10(14)12(19-2)5-11(13)15/h5-6,9H,3-4,7-8H2,1-2H3,(H2,16,17,18). The number of benzene rings is 1. The summed E-state index contributed by atoms with van der Waals surface area (Å²) >= 11 is 6.79. The van der Waals surface area contributed by atoms with Gasteiger partial charge in [0.05, 0.1) is 28.4 Å². The van der Waals surface area contributed by atoms with Crippen molar-refractivity contribution < 1.29 is 17.9 Å². The Morgan fingerprint density at radius 1 is 1.24 bits per heavy atom. The minimum atomic E-state index is -3.50. The summed E-state index contributed by atoms with van der Waals surface area (Å²) in [5, 5.41) is 5.11. The van der Waals surface area contributed by atoms with Crippen LogP contribution in [-0.4, -0.2) is 27.9 Å². The summed E-state index contributed by atoms with van der Waals surface area (Å²) in [6.45, 7) is 2.29. The lowest BCUT2D eigenvalue weighted by Gasteiger charge is -2.17. The van der Waals surface area contributed by atoms with Gasteiger partial charge in [0.25, 0.3) is 0 Å². The van der Waals surface area contributed by atoms with Gasteiger partial charge >= 0.3 is 0 Å². The molecule has 0 bridgehead atoms. The fourth-order valence-electron chi connectivity index (χ4n) is 1.94. The topological polar surface area (TPSA) is 78.6 Å². The number of primary sulfonamides is 1. The van der Waals surface area contributed by atoms with Crippen LogP contribution in [0.4, 0.5) is 0 Å². The van der Waals surface area contributed by atoms with Gasteiger partial charge in [0, 0.05) is 5.92 Å². The molecule has 0 aliphatic carbocycles. The van der Waals surface area contributed by atoms with E-state index in [0.717, 1.165) is 21.8 Å². The third kappa shape index (κ3) is 6.54. The van der Waals surface area contributed by atoms with Crippen LogP contribution in [0.3, 0.4) is 0 Å². The van der Waals surface area contributed by atoms with E-state index in [1.54, 1.807) is 19.2 Å². The highest BCUT2D eigenvalue weighted by molar-refractivity contribution is 9.11. The van der Waals surface area contributed by atoms with Crippen LogP contribution in [0.2, 0.25) is 0 Å². The van der Waals surface area contributed by atoms with Crippen LogP contribution < -0.4 is 14.6 Å². The molecule has 1 rings (SSSR count). The van der Waals surface area contributed by atoms with Gasteiger partial charge in [-0.3, -0.25) is 0 Å². The van der Waals surface area contributed by atoms with Crippen LogP contribution in [0.25, 0.3) is 0 Å². The maximum absolute atomic E-state index is 11.2. The summed E-state index contributed by atoms with van der Waals surface area (Å²) < 4.78 is 34.9. The molecular formula is C13H19Br2NO4S. The Morgan fingerprint density at radius 2 is 1.81 bits per heavy atom. The molecule has 1 aromatic carbocycles. The zero-order valence-electron chi connectivity index (χ0n) is 11.9. The molecule has 0 spiro atoms. The monoisotopic (exact) mass is 443 g/mol. The first-order valence-electron chi connectivity index (χ1n) is 6.43. The number of ether oxygens (including phenoxy) is 2. The van der Waals surface area contributed by atoms with Gasteiger partial charge in [0.2, 0.25) is 10.0 Å². The molecule has 1 aromatic rings. The number of methoxy groups -OCH3 is 1. The van der Waals surface area contributed by atoms with Crippen molar-refractivity contribution in [2.24, 2.45) is 11.1 Å². The lowest BCUT2D eigenvalue weighted by molar-refractivity contribution is 0.250. The highest BCUT2D eigenvalue weighted by Gasteiger charge is 2.17. The summed E-state index contributed by atoms with van der Waals surface area (Å²) in [4.78, 5) is 0. The molecule has 0 saturated carbocycles. The Balaban J connectivity index is 2.78. The first kappa shape index (κ1) is 18.7. The second-order valence-electron chi connectivity index (χ2n) is 4.71. The van der Waals surface area contributed by atoms with E-state index in [4.69, 9.17) is 14.6 Å².